The van der Waals surface area contributed by atoms with Crippen molar-refractivity contribution in [3.05, 3.63) is 0 Å². The van der Waals surface area contributed by atoms with Crippen molar-refractivity contribution in [2.24, 2.45) is 5.92 Å². The first-order valence-corrected chi connectivity index (χ1v) is 19.6. The summed E-state index contributed by atoms with van der Waals surface area (Å²) in [5.41, 5.74) is 0. The van der Waals surface area contributed by atoms with Gasteiger partial charge < -0.3 is 20.4 Å². The van der Waals surface area contributed by atoms with Gasteiger partial charge in [0.15, 0.2) is 0 Å². The Kier molecular flexibility index (Phi) is 39.9. The van der Waals surface area contributed by atoms with Gasteiger partial charge in [0.25, 0.3) is 0 Å². The number of carboxylic acid groups (broad SMARTS) is 2. The summed E-state index contributed by atoms with van der Waals surface area (Å²) in [4.78, 5) is 21.0. The molecule has 0 spiro atoms. The standard InChI is InChI=1S/C21H42O4.C18H36O2/c1-2-3-4-5-6-7-8-9-10-11-12-14-19(17-20(23)18-22)15-13-16-21(24)25;1-2-3-4-5-6-7-8-9-10-11-12-13-14-15-16-17-18(19)20/h19-20,22-23H,2-18H2,1H3,(H,24,25);2-17H2,1H3,(H,19,20). The van der Waals surface area contributed by atoms with Crippen molar-refractivity contribution >= 4 is 11.9 Å². The van der Waals surface area contributed by atoms with Crippen LogP contribution in [0.25, 0.3) is 0 Å². The molecule has 45 heavy (non-hydrogen) atoms. The summed E-state index contributed by atoms with van der Waals surface area (Å²) in [5, 5.41) is 35.9. The van der Waals surface area contributed by atoms with E-state index in [1.54, 1.807) is 0 Å². The highest BCUT2D eigenvalue weighted by molar-refractivity contribution is 5.66. The van der Waals surface area contributed by atoms with E-state index in [4.69, 9.17) is 15.3 Å². The van der Waals surface area contributed by atoms with Crippen LogP contribution in [-0.2, 0) is 9.59 Å². The molecule has 0 heterocycles. The number of carboxylic acids is 2. The van der Waals surface area contributed by atoms with Gasteiger partial charge in [-0.3, -0.25) is 9.59 Å². The highest BCUT2D eigenvalue weighted by atomic mass is 16.4. The summed E-state index contributed by atoms with van der Waals surface area (Å²) in [6.45, 7) is 4.32. The Labute approximate surface area is 279 Å². The minimum absolute atomic E-state index is 0.198. The van der Waals surface area contributed by atoms with Crippen LogP contribution in [-0.4, -0.2) is 45.1 Å². The summed E-state index contributed by atoms with van der Waals surface area (Å²) < 4.78 is 0. The molecule has 2 unspecified atom stereocenters. The van der Waals surface area contributed by atoms with Crippen molar-refractivity contribution in [2.45, 2.75) is 225 Å². The molecule has 0 saturated heterocycles. The van der Waals surface area contributed by atoms with Gasteiger partial charge in [-0.15, -0.1) is 0 Å². The van der Waals surface area contributed by atoms with Crippen LogP contribution in [0.1, 0.15) is 219 Å². The topological polar surface area (TPSA) is 115 Å². The molecule has 0 aromatic heterocycles. The van der Waals surface area contributed by atoms with Crippen LogP contribution in [0.15, 0.2) is 0 Å². The molecule has 2 atom stereocenters. The lowest BCUT2D eigenvalue weighted by molar-refractivity contribution is -0.138. The number of unbranched alkanes of at least 4 members (excludes halogenated alkanes) is 24. The van der Waals surface area contributed by atoms with E-state index in [1.807, 2.05) is 0 Å². The van der Waals surface area contributed by atoms with Crippen molar-refractivity contribution in [3.63, 3.8) is 0 Å². The third-order valence-electron chi connectivity index (χ3n) is 9.03. The Morgan fingerprint density at radius 2 is 0.733 bits per heavy atom. The average Bonchev–Trinajstić information content (AvgIpc) is 3.01. The molecular formula is C39H78O6. The molecule has 0 aliphatic rings. The van der Waals surface area contributed by atoms with E-state index in [1.165, 1.54) is 148 Å². The van der Waals surface area contributed by atoms with Gasteiger partial charge in [0.05, 0.1) is 12.7 Å². The summed E-state index contributed by atoms with van der Waals surface area (Å²) in [7, 11) is 0. The lowest BCUT2D eigenvalue weighted by Crippen LogP contribution is -2.18. The maximum Gasteiger partial charge on any atom is 0.303 e. The van der Waals surface area contributed by atoms with Crippen LogP contribution in [0.5, 0.6) is 0 Å². The fourth-order valence-corrected chi connectivity index (χ4v) is 6.13. The highest BCUT2D eigenvalue weighted by Crippen LogP contribution is 2.23. The van der Waals surface area contributed by atoms with Gasteiger partial charge in [-0.1, -0.05) is 181 Å². The first-order chi connectivity index (χ1) is 21.9. The molecule has 0 fully saturated rings. The number of carbonyl (C=O) groups is 2. The van der Waals surface area contributed by atoms with Gasteiger partial charge in [-0.25, -0.2) is 0 Å². The average molecular weight is 643 g/mol. The van der Waals surface area contributed by atoms with Crippen LogP contribution in [0, 0.1) is 5.92 Å². The zero-order valence-electron chi connectivity index (χ0n) is 30.1. The van der Waals surface area contributed by atoms with Crippen molar-refractivity contribution in [1.29, 1.82) is 0 Å². The van der Waals surface area contributed by atoms with Crippen molar-refractivity contribution in [3.8, 4) is 0 Å². The molecule has 0 rings (SSSR count). The minimum Gasteiger partial charge on any atom is -0.481 e. The fraction of sp³-hybridized carbons (Fsp3) is 0.949. The minimum atomic E-state index is -0.754. The lowest BCUT2D eigenvalue weighted by atomic mass is 9.90. The summed E-state index contributed by atoms with van der Waals surface area (Å²) in [5.74, 6) is -1.07. The number of aliphatic hydroxyl groups is 2. The van der Waals surface area contributed by atoms with Gasteiger partial charge in [0.1, 0.15) is 0 Å². The van der Waals surface area contributed by atoms with Crippen molar-refractivity contribution < 1.29 is 30.0 Å². The molecule has 270 valence electrons. The predicted octanol–water partition coefficient (Wildman–Crippen LogP) is 11.6. The van der Waals surface area contributed by atoms with Crippen LogP contribution in [0.3, 0.4) is 0 Å². The quantitative estimate of drug-likeness (QED) is 0.0511. The van der Waals surface area contributed by atoms with Gasteiger partial charge in [0, 0.05) is 12.8 Å². The number of aliphatic carboxylic acids is 2. The zero-order chi connectivity index (χ0) is 33.6. The molecule has 0 saturated carbocycles. The SMILES string of the molecule is CCCCCCCCCCCCCC(CCCC(=O)O)CC(O)CO.CCCCCCCCCCCCCCCCCC(=O)O. The lowest BCUT2D eigenvalue weighted by Gasteiger charge is -2.19. The molecule has 0 amide bonds. The van der Waals surface area contributed by atoms with Crippen molar-refractivity contribution in [2.75, 3.05) is 6.61 Å². The van der Waals surface area contributed by atoms with E-state index in [2.05, 4.69) is 13.8 Å². The van der Waals surface area contributed by atoms with E-state index in [9.17, 15) is 14.7 Å². The molecular weight excluding hydrogens is 564 g/mol. The molecule has 0 aromatic rings. The number of rotatable bonds is 35. The van der Waals surface area contributed by atoms with Crippen molar-refractivity contribution in [1.82, 2.24) is 0 Å². The normalized spacial score (nSPS) is 12.4. The second-order valence-corrected chi connectivity index (χ2v) is 13.6. The molecule has 0 aromatic carbocycles. The van der Waals surface area contributed by atoms with E-state index in [-0.39, 0.29) is 13.0 Å². The first kappa shape index (κ1) is 46.0. The van der Waals surface area contributed by atoms with E-state index in [0.717, 1.165) is 32.1 Å². The Bertz CT molecular complexity index is 596. The molecule has 6 heteroatoms. The second-order valence-electron chi connectivity index (χ2n) is 13.6. The van der Waals surface area contributed by atoms with Gasteiger partial charge >= 0.3 is 11.9 Å². The zero-order valence-corrected chi connectivity index (χ0v) is 30.1. The van der Waals surface area contributed by atoms with Gasteiger partial charge in [0.2, 0.25) is 0 Å². The monoisotopic (exact) mass is 643 g/mol. The van der Waals surface area contributed by atoms with Crippen LogP contribution < -0.4 is 0 Å². The third kappa shape index (κ3) is 42.9. The fourth-order valence-electron chi connectivity index (χ4n) is 6.13. The third-order valence-corrected chi connectivity index (χ3v) is 9.03. The molecule has 0 aliphatic heterocycles. The second kappa shape index (κ2) is 39.0. The molecule has 0 bridgehead atoms. The Hall–Kier alpha value is -1.14. The number of aliphatic hydroxyl groups excluding tert-OH is 2. The summed E-state index contributed by atoms with van der Waals surface area (Å²) >= 11 is 0. The van der Waals surface area contributed by atoms with E-state index in [0.29, 0.717) is 25.2 Å². The van der Waals surface area contributed by atoms with E-state index >= 15 is 0 Å². The summed E-state index contributed by atoms with van der Waals surface area (Å²) in [6, 6.07) is 0. The van der Waals surface area contributed by atoms with Crippen LogP contribution in [0.4, 0.5) is 0 Å². The number of hydrogen-bond donors (Lipinski definition) is 4. The smallest absolute Gasteiger partial charge is 0.303 e. The van der Waals surface area contributed by atoms with Gasteiger partial charge in [-0.2, -0.15) is 0 Å². The Balaban J connectivity index is 0. The number of hydrogen-bond acceptors (Lipinski definition) is 4. The Morgan fingerprint density at radius 1 is 0.444 bits per heavy atom. The molecule has 4 N–H and O–H groups in total. The van der Waals surface area contributed by atoms with Crippen LogP contribution in [0.2, 0.25) is 0 Å². The molecule has 6 nitrogen and oxygen atoms in total. The summed E-state index contributed by atoms with van der Waals surface area (Å²) in [6.07, 6.45) is 37.4. The maximum atomic E-state index is 10.6. The van der Waals surface area contributed by atoms with Crippen LogP contribution >= 0.6 is 0 Å². The first-order valence-electron chi connectivity index (χ1n) is 19.6. The predicted molar refractivity (Wildman–Crippen MR) is 191 cm³/mol. The maximum absolute atomic E-state index is 10.6. The van der Waals surface area contributed by atoms with Gasteiger partial charge in [-0.05, 0) is 31.6 Å². The van der Waals surface area contributed by atoms with E-state index < -0.39 is 18.0 Å². The Morgan fingerprint density at radius 3 is 1.07 bits per heavy atom. The molecule has 0 aliphatic carbocycles. The highest BCUT2D eigenvalue weighted by Gasteiger charge is 2.14. The molecule has 0 radical (unpaired) electrons. The largest absolute Gasteiger partial charge is 0.481 e.